The molecule has 0 aromatic carbocycles. The first kappa shape index (κ1) is 11.4. The van der Waals surface area contributed by atoms with Gasteiger partial charge in [-0.2, -0.15) is 0 Å². The molecule has 1 amide bonds. The molecule has 0 saturated heterocycles. The molecule has 0 aliphatic carbocycles. The molecule has 12 heavy (non-hydrogen) atoms. The molecular weight excluding hydrogens is 158 g/mol. The molecule has 0 saturated carbocycles. The van der Waals surface area contributed by atoms with Crippen LogP contribution in [0.1, 0.15) is 13.8 Å². The van der Waals surface area contributed by atoms with E-state index in [-0.39, 0.29) is 25.7 Å². The molecule has 0 radical (unpaired) electrons. The highest BCUT2D eigenvalue weighted by atomic mass is 16.5. The summed E-state index contributed by atoms with van der Waals surface area (Å²) in [5.41, 5.74) is 0. The number of aliphatic hydroxyl groups is 1. The Morgan fingerprint density at radius 2 is 2.00 bits per heavy atom. The van der Waals surface area contributed by atoms with Crippen LogP contribution in [-0.4, -0.2) is 48.8 Å². The van der Waals surface area contributed by atoms with Gasteiger partial charge in [-0.3, -0.25) is 4.79 Å². The van der Waals surface area contributed by atoms with E-state index >= 15 is 0 Å². The lowest BCUT2D eigenvalue weighted by atomic mass is 10.5. The predicted molar refractivity (Wildman–Crippen MR) is 45.8 cm³/mol. The summed E-state index contributed by atoms with van der Waals surface area (Å²) >= 11 is 0. The van der Waals surface area contributed by atoms with E-state index in [1.807, 2.05) is 13.8 Å². The van der Waals surface area contributed by atoms with Crippen LogP contribution >= 0.6 is 0 Å². The van der Waals surface area contributed by atoms with Crippen LogP contribution in [0.5, 0.6) is 0 Å². The van der Waals surface area contributed by atoms with E-state index in [0.29, 0.717) is 13.1 Å². The number of ether oxygens (including phenoxy) is 1. The first-order valence-electron chi connectivity index (χ1n) is 4.22. The van der Waals surface area contributed by atoms with Crippen molar-refractivity contribution in [3.8, 4) is 0 Å². The fourth-order valence-corrected chi connectivity index (χ4v) is 0.892. The van der Waals surface area contributed by atoms with Crippen LogP contribution < -0.4 is 0 Å². The van der Waals surface area contributed by atoms with E-state index in [1.54, 1.807) is 4.90 Å². The van der Waals surface area contributed by atoms with Gasteiger partial charge in [0.2, 0.25) is 5.91 Å². The van der Waals surface area contributed by atoms with Gasteiger partial charge in [-0.15, -0.1) is 0 Å². The van der Waals surface area contributed by atoms with Crippen LogP contribution in [0.4, 0.5) is 0 Å². The number of rotatable bonds is 6. The summed E-state index contributed by atoms with van der Waals surface area (Å²) in [7, 11) is 0. The number of hydrogen-bond donors (Lipinski definition) is 1. The largest absolute Gasteiger partial charge is 0.394 e. The smallest absolute Gasteiger partial charge is 0.248 e. The average molecular weight is 175 g/mol. The molecule has 0 spiro atoms. The van der Waals surface area contributed by atoms with Crippen molar-refractivity contribution in [2.24, 2.45) is 0 Å². The number of nitrogens with zero attached hydrogens (tertiary/aromatic N) is 1. The van der Waals surface area contributed by atoms with Crippen molar-refractivity contribution >= 4 is 5.91 Å². The number of likely N-dealkylation sites (N-methyl/N-ethyl adjacent to an activating group) is 1. The van der Waals surface area contributed by atoms with Crippen molar-refractivity contribution in [1.82, 2.24) is 4.90 Å². The second-order valence-electron chi connectivity index (χ2n) is 2.34. The molecule has 0 rings (SSSR count). The second-order valence-corrected chi connectivity index (χ2v) is 2.34. The Hall–Kier alpha value is -0.610. The lowest BCUT2D eigenvalue weighted by Crippen LogP contribution is -2.33. The van der Waals surface area contributed by atoms with Gasteiger partial charge in [0.15, 0.2) is 0 Å². The number of carbonyl (C=O) groups is 1. The molecule has 0 bridgehead atoms. The fraction of sp³-hybridized carbons (Fsp3) is 0.875. The molecule has 0 aliphatic heterocycles. The predicted octanol–water partition coefficient (Wildman–Crippen LogP) is -0.136. The van der Waals surface area contributed by atoms with Gasteiger partial charge in [0.1, 0.15) is 6.61 Å². The van der Waals surface area contributed by atoms with Gasteiger partial charge in [0.25, 0.3) is 0 Å². The van der Waals surface area contributed by atoms with Gasteiger partial charge >= 0.3 is 0 Å². The minimum absolute atomic E-state index is 0.0200. The number of amides is 1. The Morgan fingerprint density at radius 3 is 2.42 bits per heavy atom. The van der Waals surface area contributed by atoms with Crippen molar-refractivity contribution in [3.05, 3.63) is 0 Å². The monoisotopic (exact) mass is 175 g/mol. The van der Waals surface area contributed by atoms with Crippen LogP contribution in [0.25, 0.3) is 0 Å². The molecule has 4 nitrogen and oxygen atoms in total. The number of carbonyl (C=O) groups excluding carboxylic acids is 1. The summed E-state index contributed by atoms with van der Waals surface area (Å²) in [5, 5.41) is 8.38. The van der Waals surface area contributed by atoms with Crippen LogP contribution in [-0.2, 0) is 9.53 Å². The number of hydrogen-bond acceptors (Lipinski definition) is 3. The molecule has 0 aliphatic rings. The zero-order chi connectivity index (χ0) is 9.40. The molecule has 4 heteroatoms. The lowest BCUT2D eigenvalue weighted by molar-refractivity contribution is -0.136. The maximum absolute atomic E-state index is 11.2. The van der Waals surface area contributed by atoms with Gasteiger partial charge < -0.3 is 14.7 Å². The van der Waals surface area contributed by atoms with Crippen molar-refractivity contribution in [1.29, 1.82) is 0 Å². The second kappa shape index (κ2) is 7.06. The zero-order valence-corrected chi connectivity index (χ0v) is 7.75. The third-order valence-electron chi connectivity index (χ3n) is 1.58. The Balaban J connectivity index is 3.54. The molecule has 1 N–H and O–H groups in total. The lowest BCUT2D eigenvalue weighted by Gasteiger charge is -2.18. The van der Waals surface area contributed by atoms with Gasteiger partial charge in [0.05, 0.1) is 13.2 Å². The van der Waals surface area contributed by atoms with E-state index in [9.17, 15) is 4.79 Å². The van der Waals surface area contributed by atoms with Crippen LogP contribution in [0.2, 0.25) is 0 Å². The molecular formula is C8H17NO3. The SMILES string of the molecule is CCN(CC)C(=O)COCCO. The molecule has 0 atom stereocenters. The standard InChI is InChI=1S/C8H17NO3/c1-3-9(4-2)8(11)7-12-6-5-10/h10H,3-7H2,1-2H3. The third kappa shape index (κ3) is 4.31. The first-order chi connectivity index (χ1) is 5.76. The van der Waals surface area contributed by atoms with E-state index in [2.05, 4.69) is 0 Å². The zero-order valence-electron chi connectivity index (χ0n) is 7.75. The fourth-order valence-electron chi connectivity index (χ4n) is 0.892. The van der Waals surface area contributed by atoms with Crippen LogP contribution in [0, 0.1) is 0 Å². The van der Waals surface area contributed by atoms with Crippen LogP contribution in [0.15, 0.2) is 0 Å². The maximum atomic E-state index is 11.2. The van der Waals surface area contributed by atoms with Crippen LogP contribution in [0.3, 0.4) is 0 Å². The van der Waals surface area contributed by atoms with E-state index in [4.69, 9.17) is 9.84 Å². The third-order valence-corrected chi connectivity index (χ3v) is 1.58. The van der Waals surface area contributed by atoms with E-state index in [1.165, 1.54) is 0 Å². The first-order valence-corrected chi connectivity index (χ1v) is 4.22. The minimum atomic E-state index is -0.0362. The molecule has 0 fully saturated rings. The highest BCUT2D eigenvalue weighted by Crippen LogP contribution is 1.89. The van der Waals surface area contributed by atoms with Gasteiger partial charge in [0, 0.05) is 13.1 Å². The van der Waals surface area contributed by atoms with E-state index < -0.39 is 0 Å². The Labute approximate surface area is 73.1 Å². The minimum Gasteiger partial charge on any atom is -0.394 e. The number of aliphatic hydroxyl groups excluding tert-OH is 1. The van der Waals surface area contributed by atoms with Crippen molar-refractivity contribution in [2.75, 3.05) is 32.9 Å². The quantitative estimate of drug-likeness (QED) is 0.572. The van der Waals surface area contributed by atoms with E-state index in [0.717, 1.165) is 0 Å². The highest BCUT2D eigenvalue weighted by molar-refractivity contribution is 5.77. The molecule has 0 aromatic rings. The van der Waals surface area contributed by atoms with Gasteiger partial charge in [-0.25, -0.2) is 0 Å². The Morgan fingerprint density at radius 1 is 1.42 bits per heavy atom. The molecule has 0 aromatic heterocycles. The van der Waals surface area contributed by atoms with Crippen molar-refractivity contribution < 1.29 is 14.6 Å². The summed E-state index contributed by atoms with van der Waals surface area (Å²) in [5.74, 6) is -0.0200. The summed E-state index contributed by atoms with van der Waals surface area (Å²) < 4.78 is 4.89. The summed E-state index contributed by atoms with van der Waals surface area (Å²) in [4.78, 5) is 12.9. The van der Waals surface area contributed by atoms with Gasteiger partial charge in [-0.05, 0) is 13.8 Å². The Kier molecular flexibility index (Phi) is 6.70. The molecule has 0 unspecified atom stereocenters. The van der Waals surface area contributed by atoms with Crippen molar-refractivity contribution in [3.63, 3.8) is 0 Å². The topological polar surface area (TPSA) is 49.8 Å². The normalized spacial score (nSPS) is 9.92. The summed E-state index contributed by atoms with van der Waals surface area (Å²) in [6, 6.07) is 0. The van der Waals surface area contributed by atoms with Gasteiger partial charge in [-0.1, -0.05) is 0 Å². The molecule has 72 valence electrons. The molecule has 0 heterocycles. The summed E-state index contributed by atoms with van der Waals surface area (Å²) in [6.45, 7) is 5.53. The Bertz CT molecular complexity index is 123. The summed E-state index contributed by atoms with van der Waals surface area (Å²) in [6.07, 6.45) is 0. The maximum Gasteiger partial charge on any atom is 0.248 e. The highest BCUT2D eigenvalue weighted by Gasteiger charge is 2.08. The van der Waals surface area contributed by atoms with Crippen molar-refractivity contribution in [2.45, 2.75) is 13.8 Å². The average Bonchev–Trinajstić information content (AvgIpc) is 2.07.